The van der Waals surface area contributed by atoms with Crippen molar-refractivity contribution in [3.63, 3.8) is 0 Å². The van der Waals surface area contributed by atoms with Crippen LogP contribution >= 0.6 is 0 Å². The SMILES string of the molecule is O=C(O)OCc1cccnc1. The Morgan fingerprint density at radius 3 is 3.09 bits per heavy atom. The quantitative estimate of drug-likeness (QED) is 0.650. The zero-order chi connectivity index (χ0) is 8.10. The summed E-state index contributed by atoms with van der Waals surface area (Å²) in [5.41, 5.74) is 0.745. The lowest BCUT2D eigenvalue weighted by Crippen LogP contribution is -1.99. The molecule has 0 aliphatic carbocycles. The van der Waals surface area contributed by atoms with Gasteiger partial charge in [-0.3, -0.25) is 4.98 Å². The molecule has 0 aliphatic rings. The molecule has 0 saturated heterocycles. The number of carboxylic acid groups (broad SMARTS) is 1. The third kappa shape index (κ3) is 2.66. The normalized spacial score (nSPS) is 9.09. The highest BCUT2D eigenvalue weighted by molar-refractivity contribution is 5.56. The van der Waals surface area contributed by atoms with Crippen LogP contribution in [0.4, 0.5) is 4.79 Å². The number of rotatable bonds is 2. The van der Waals surface area contributed by atoms with Gasteiger partial charge in [0.25, 0.3) is 0 Å². The Bertz CT molecular complexity index is 235. The van der Waals surface area contributed by atoms with Crippen LogP contribution in [-0.2, 0) is 11.3 Å². The van der Waals surface area contributed by atoms with Gasteiger partial charge in [0.05, 0.1) is 0 Å². The van der Waals surface area contributed by atoms with E-state index in [9.17, 15) is 4.79 Å². The van der Waals surface area contributed by atoms with Crippen LogP contribution in [0.5, 0.6) is 0 Å². The number of hydrogen-bond donors (Lipinski definition) is 1. The maximum Gasteiger partial charge on any atom is 0.506 e. The van der Waals surface area contributed by atoms with Gasteiger partial charge < -0.3 is 9.84 Å². The first kappa shape index (κ1) is 7.53. The second-order valence-corrected chi connectivity index (χ2v) is 1.92. The van der Waals surface area contributed by atoms with E-state index >= 15 is 0 Å². The van der Waals surface area contributed by atoms with E-state index in [0.29, 0.717) is 0 Å². The van der Waals surface area contributed by atoms with E-state index < -0.39 is 6.16 Å². The average Bonchev–Trinajstić information content (AvgIpc) is 2.03. The van der Waals surface area contributed by atoms with Crippen molar-refractivity contribution < 1.29 is 14.6 Å². The summed E-state index contributed by atoms with van der Waals surface area (Å²) in [7, 11) is 0. The minimum atomic E-state index is -1.27. The first-order valence-electron chi connectivity index (χ1n) is 3.03. The molecule has 4 heteroatoms. The molecule has 0 atom stereocenters. The minimum absolute atomic E-state index is 0.0587. The highest BCUT2D eigenvalue weighted by atomic mass is 16.7. The molecule has 58 valence electrons. The van der Waals surface area contributed by atoms with Gasteiger partial charge in [0.2, 0.25) is 0 Å². The van der Waals surface area contributed by atoms with Gasteiger partial charge in [0.1, 0.15) is 6.61 Å². The van der Waals surface area contributed by atoms with Gasteiger partial charge in [-0.15, -0.1) is 0 Å². The lowest BCUT2D eigenvalue weighted by atomic mass is 10.3. The second kappa shape index (κ2) is 3.55. The fourth-order valence-electron chi connectivity index (χ4n) is 0.629. The molecule has 0 fully saturated rings. The Kier molecular flexibility index (Phi) is 2.43. The molecule has 1 rings (SSSR count). The van der Waals surface area contributed by atoms with E-state index in [1.165, 1.54) is 0 Å². The van der Waals surface area contributed by atoms with Gasteiger partial charge in [-0.05, 0) is 6.07 Å². The molecule has 11 heavy (non-hydrogen) atoms. The zero-order valence-electron chi connectivity index (χ0n) is 5.73. The Balaban J connectivity index is 2.45. The van der Waals surface area contributed by atoms with Crippen LogP contribution in [0.25, 0.3) is 0 Å². The molecule has 1 N–H and O–H groups in total. The summed E-state index contributed by atoms with van der Waals surface area (Å²) in [5.74, 6) is 0. The van der Waals surface area contributed by atoms with Crippen LogP contribution < -0.4 is 0 Å². The Labute approximate surface area is 63.5 Å². The van der Waals surface area contributed by atoms with Crippen molar-refractivity contribution in [3.8, 4) is 0 Å². The first-order valence-corrected chi connectivity index (χ1v) is 3.03. The predicted octanol–water partition coefficient (Wildman–Crippen LogP) is 1.28. The zero-order valence-corrected chi connectivity index (χ0v) is 5.73. The molecule has 0 saturated carbocycles. The number of carbonyl (C=O) groups is 1. The van der Waals surface area contributed by atoms with Gasteiger partial charge in [-0.1, -0.05) is 6.07 Å². The van der Waals surface area contributed by atoms with E-state index in [-0.39, 0.29) is 6.61 Å². The van der Waals surface area contributed by atoms with Crippen molar-refractivity contribution >= 4 is 6.16 Å². The van der Waals surface area contributed by atoms with Gasteiger partial charge in [-0.2, -0.15) is 0 Å². The Hall–Kier alpha value is -1.58. The number of ether oxygens (including phenoxy) is 1. The van der Waals surface area contributed by atoms with Gasteiger partial charge in [0.15, 0.2) is 0 Å². The highest BCUT2D eigenvalue weighted by Gasteiger charge is 1.96. The van der Waals surface area contributed by atoms with Crippen LogP contribution in [0.15, 0.2) is 24.5 Å². The molecule has 1 aromatic rings. The second-order valence-electron chi connectivity index (χ2n) is 1.92. The van der Waals surface area contributed by atoms with Gasteiger partial charge in [-0.25, -0.2) is 4.79 Å². The molecule has 0 spiro atoms. The monoisotopic (exact) mass is 153 g/mol. The number of hydrogen-bond acceptors (Lipinski definition) is 3. The summed E-state index contributed by atoms with van der Waals surface area (Å²) in [5, 5.41) is 8.13. The van der Waals surface area contributed by atoms with Crippen LogP contribution in [-0.4, -0.2) is 16.2 Å². The van der Waals surface area contributed by atoms with E-state index in [1.807, 2.05) is 0 Å². The van der Waals surface area contributed by atoms with Crippen LogP contribution in [0, 0.1) is 0 Å². The summed E-state index contributed by atoms with van der Waals surface area (Å²) in [6.45, 7) is 0.0587. The molecule has 0 aromatic carbocycles. The number of nitrogens with zero attached hydrogens (tertiary/aromatic N) is 1. The molecule has 0 amide bonds. The number of pyridine rings is 1. The molecule has 0 bridgehead atoms. The Morgan fingerprint density at radius 2 is 2.55 bits per heavy atom. The first-order chi connectivity index (χ1) is 5.29. The number of aromatic nitrogens is 1. The van der Waals surface area contributed by atoms with E-state index in [2.05, 4.69) is 9.72 Å². The van der Waals surface area contributed by atoms with Crippen molar-refractivity contribution in [2.75, 3.05) is 0 Å². The van der Waals surface area contributed by atoms with Crippen LogP contribution in [0.1, 0.15) is 5.56 Å². The Morgan fingerprint density at radius 1 is 1.73 bits per heavy atom. The highest BCUT2D eigenvalue weighted by Crippen LogP contribution is 1.97. The third-order valence-electron chi connectivity index (χ3n) is 1.09. The van der Waals surface area contributed by atoms with Crippen molar-refractivity contribution in [2.24, 2.45) is 0 Å². The lowest BCUT2D eigenvalue weighted by molar-refractivity contribution is 0.0853. The molecule has 1 heterocycles. The van der Waals surface area contributed by atoms with E-state index in [0.717, 1.165) is 5.56 Å². The lowest BCUT2D eigenvalue weighted by Gasteiger charge is -1.97. The van der Waals surface area contributed by atoms with Gasteiger partial charge >= 0.3 is 6.16 Å². The maximum atomic E-state index is 9.93. The predicted molar refractivity (Wildman–Crippen MR) is 37.1 cm³/mol. The fourth-order valence-corrected chi connectivity index (χ4v) is 0.629. The molecule has 4 nitrogen and oxygen atoms in total. The van der Waals surface area contributed by atoms with Crippen molar-refractivity contribution in [3.05, 3.63) is 30.1 Å². The third-order valence-corrected chi connectivity index (χ3v) is 1.09. The van der Waals surface area contributed by atoms with Crippen LogP contribution in [0.3, 0.4) is 0 Å². The fraction of sp³-hybridized carbons (Fsp3) is 0.143. The summed E-state index contributed by atoms with van der Waals surface area (Å²) >= 11 is 0. The maximum absolute atomic E-state index is 9.93. The summed E-state index contributed by atoms with van der Waals surface area (Å²) in [6.07, 6.45) is 1.90. The van der Waals surface area contributed by atoms with E-state index in [4.69, 9.17) is 5.11 Å². The largest absolute Gasteiger partial charge is 0.506 e. The summed E-state index contributed by atoms with van der Waals surface area (Å²) < 4.78 is 4.30. The molecular formula is C7H7NO3. The van der Waals surface area contributed by atoms with Gasteiger partial charge in [0, 0.05) is 18.0 Å². The van der Waals surface area contributed by atoms with Crippen molar-refractivity contribution in [1.29, 1.82) is 0 Å². The molecule has 1 aromatic heterocycles. The average molecular weight is 153 g/mol. The van der Waals surface area contributed by atoms with Crippen LogP contribution in [0.2, 0.25) is 0 Å². The van der Waals surface area contributed by atoms with Crippen molar-refractivity contribution in [1.82, 2.24) is 4.98 Å². The molecule has 0 aliphatic heterocycles. The van der Waals surface area contributed by atoms with Crippen molar-refractivity contribution in [2.45, 2.75) is 6.61 Å². The smallest absolute Gasteiger partial charge is 0.450 e. The summed E-state index contributed by atoms with van der Waals surface area (Å²) in [6, 6.07) is 3.47. The molecule has 0 unspecified atom stereocenters. The topological polar surface area (TPSA) is 59.4 Å². The summed E-state index contributed by atoms with van der Waals surface area (Å²) in [4.78, 5) is 13.7. The standard InChI is InChI=1S/C7H7NO3/c9-7(10)11-5-6-2-1-3-8-4-6/h1-4H,5H2,(H,9,10). The van der Waals surface area contributed by atoms with E-state index in [1.54, 1.807) is 24.5 Å². The molecular weight excluding hydrogens is 146 g/mol. The minimum Gasteiger partial charge on any atom is -0.450 e. The molecule has 0 radical (unpaired) electrons.